The van der Waals surface area contributed by atoms with Gasteiger partial charge in [-0.2, -0.15) is 13.9 Å². The number of hydrogen-bond donors (Lipinski definition) is 2. The van der Waals surface area contributed by atoms with Crippen LogP contribution in [-0.2, 0) is 32.3 Å². The van der Waals surface area contributed by atoms with Crippen molar-refractivity contribution in [2.45, 2.75) is 64.6 Å². The Hall–Kier alpha value is -4.77. The van der Waals surface area contributed by atoms with Crippen molar-refractivity contribution in [3.8, 4) is 11.3 Å². The average Bonchev–Trinajstić information content (AvgIpc) is 3.68. The molecule has 2 aliphatic heterocycles. The van der Waals surface area contributed by atoms with Crippen LogP contribution in [0.1, 0.15) is 54.5 Å². The third-order valence-electron chi connectivity index (χ3n) is 8.70. The van der Waals surface area contributed by atoms with E-state index < -0.39 is 42.0 Å². The molecule has 50 heavy (non-hydrogen) atoms. The summed E-state index contributed by atoms with van der Waals surface area (Å²) in [5.74, 6) is -6.07. The highest BCUT2D eigenvalue weighted by atomic mass is 79.9. The Morgan fingerprint density at radius 2 is 1.90 bits per heavy atom. The van der Waals surface area contributed by atoms with Crippen LogP contribution in [0.5, 0.6) is 0 Å². The van der Waals surface area contributed by atoms with E-state index in [-0.39, 0.29) is 63.0 Å². The fourth-order valence-electron chi connectivity index (χ4n) is 6.05. The molecule has 0 aromatic carbocycles. The molecule has 2 bridgehead atoms. The van der Waals surface area contributed by atoms with Crippen LogP contribution in [0.4, 0.5) is 14.6 Å². The molecule has 0 aliphatic carbocycles. The molecule has 6 rings (SSSR count). The van der Waals surface area contributed by atoms with Gasteiger partial charge >= 0.3 is 5.92 Å². The van der Waals surface area contributed by atoms with E-state index in [9.17, 15) is 28.0 Å². The first-order valence-corrected chi connectivity index (χ1v) is 16.8. The predicted molar refractivity (Wildman–Crippen MR) is 179 cm³/mol. The quantitative estimate of drug-likeness (QED) is 0.230. The normalized spacial score (nSPS) is 20.1. The number of carbonyl (C=O) groups excluding carboxylic acids is 4. The van der Waals surface area contributed by atoms with Gasteiger partial charge in [0.05, 0.1) is 24.0 Å². The van der Waals surface area contributed by atoms with Crippen molar-refractivity contribution in [2.75, 3.05) is 25.0 Å². The maximum absolute atomic E-state index is 14.6. The van der Waals surface area contributed by atoms with Gasteiger partial charge in [-0.3, -0.25) is 28.8 Å². The first-order valence-electron chi connectivity index (χ1n) is 16.1. The Morgan fingerprint density at radius 1 is 1.12 bits per heavy atom. The second-order valence-electron chi connectivity index (χ2n) is 12.4. The summed E-state index contributed by atoms with van der Waals surface area (Å²) >= 11 is 3.33. The van der Waals surface area contributed by atoms with E-state index >= 15 is 0 Å². The third-order valence-corrected chi connectivity index (χ3v) is 9.14. The van der Waals surface area contributed by atoms with Crippen molar-refractivity contribution < 1.29 is 32.7 Å². The second-order valence-corrected chi connectivity index (χ2v) is 13.2. The molecule has 2 N–H and O–H groups in total. The lowest BCUT2D eigenvalue weighted by atomic mass is 10.0. The number of ketones is 1. The number of fused-ring (bicyclic) bond motifs is 4. The number of rotatable bonds is 4. The summed E-state index contributed by atoms with van der Waals surface area (Å²) in [5, 5.41) is 10.0. The summed E-state index contributed by atoms with van der Waals surface area (Å²) in [6, 6.07) is 4.06. The molecule has 17 heteroatoms. The Kier molecular flexibility index (Phi) is 10.2. The molecule has 1 saturated heterocycles. The molecule has 0 unspecified atom stereocenters. The summed E-state index contributed by atoms with van der Waals surface area (Å²) < 4.78 is 36.8. The summed E-state index contributed by atoms with van der Waals surface area (Å²) in [5.41, 5.74) is 2.24. The molecule has 0 spiro atoms. The molecule has 3 amide bonds. The highest BCUT2D eigenvalue weighted by Crippen LogP contribution is 2.29. The Morgan fingerprint density at radius 3 is 2.66 bits per heavy atom. The lowest BCUT2D eigenvalue weighted by Crippen LogP contribution is -2.45. The van der Waals surface area contributed by atoms with Crippen molar-refractivity contribution >= 4 is 56.2 Å². The van der Waals surface area contributed by atoms with Crippen LogP contribution in [-0.4, -0.2) is 89.8 Å². The molecule has 262 valence electrons. The van der Waals surface area contributed by atoms with Crippen molar-refractivity contribution in [1.29, 1.82) is 0 Å². The Balaban J connectivity index is 1.29. The van der Waals surface area contributed by atoms with Gasteiger partial charge in [-0.15, -0.1) is 0 Å². The molecule has 1 fully saturated rings. The van der Waals surface area contributed by atoms with Crippen molar-refractivity contribution in [3.63, 3.8) is 0 Å². The number of nitrogens with one attached hydrogen (secondary N) is 2. The zero-order chi connectivity index (χ0) is 35.6. The van der Waals surface area contributed by atoms with Gasteiger partial charge in [-0.1, -0.05) is 6.07 Å². The average molecular weight is 755 g/mol. The molecule has 2 atom stereocenters. The Bertz CT molecular complexity index is 1960. The van der Waals surface area contributed by atoms with E-state index in [1.54, 1.807) is 37.5 Å². The van der Waals surface area contributed by atoms with Gasteiger partial charge in [0.15, 0.2) is 5.78 Å². The van der Waals surface area contributed by atoms with Crippen molar-refractivity contribution in [3.05, 3.63) is 58.5 Å². The number of ether oxygens (including phenoxy) is 1. The fourth-order valence-corrected chi connectivity index (χ4v) is 6.36. The highest BCUT2D eigenvalue weighted by Gasteiger charge is 2.42. The number of alkyl halides is 2. The van der Waals surface area contributed by atoms with Gasteiger partial charge in [0.2, 0.25) is 11.8 Å². The van der Waals surface area contributed by atoms with Crippen LogP contribution in [0.2, 0.25) is 0 Å². The number of anilines is 1. The van der Waals surface area contributed by atoms with Crippen LogP contribution in [0, 0.1) is 12.8 Å². The van der Waals surface area contributed by atoms with Gasteiger partial charge in [-0.05, 0) is 60.2 Å². The molecule has 2 aliphatic rings. The number of carbonyl (C=O) groups is 4. The monoisotopic (exact) mass is 753 g/mol. The summed E-state index contributed by atoms with van der Waals surface area (Å²) in [7, 11) is 0. The van der Waals surface area contributed by atoms with Crippen molar-refractivity contribution in [2.24, 2.45) is 5.92 Å². The molecule has 0 radical (unpaired) electrons. The standard InChI is InChI=1S/C33H34BrF2N9O5/c1-18(46)29-23-10-24(22-12-37-19(2)38-13-22)39-14-26(23)45(43-29)16-28(47)44-15-20-9-25(44)31(48)42-30-21(5-6-27(34)41-30)17-50-8-4-3-7-33(35,36)32(49)40-11-20/h5-6,10,12-14,20,25H,3-4,7-9,11,15-17H2,1-2H3,(H,40,49)(H,41,42,48)/t20-,25+/m1/s1. The first kappa shape index (κ1) is 35.1. The van der Waals surface area contributed by atoms with Crippen LogP contribution in [0.15, 0.2) is 41.4 Å². The van der Waals surface area contributed by atoms with E-state index in [0.29, 0.717) is 44.6 Å². The summed E-state index contributed by atoms with van der Waals surface area (Å²) in [6.45, 7) is 2.82. The van der Waals surface area contributed by atoms with Crippen LogP contribution < -0.4 is 10.6 Å². The third kappa shape index (κ3) is 7.67. The number of aryl methyl sites for hydroxylation is 1. The molecule has 4 aromatic heterocycles. The molecule has 0 saturated carbocycles. The molecule has 14 nitrogen and oxygen atoms in total. The van der Waals surface area contributed by atoms with Crippen LogP contribution >= 0.6 is 15.9 Å². The number of amides is 3. The molecular weight excluding hydrogens is 720 g/mol. The topological polar surface area (TPSA) is 174 Å². The number of hydrogen-bond acceptors (Lipinski definition) is 10. The Labute approximate surface area is 293 Å². The minimum absolute atomic E-state index is 0.000753. The zero-order valence-electron chi connectivity index (χ0n) is 27.3. The minimum Gasteiger partial charge on any atom is -0.377 e. The molecule has 4 aromatic rings. The van der Waals surface area contributed by atoms with Crippen LogP contribution in [0.3, 0.4) is 0 Å². The van der Waals surface area contributed by atoms with Crippen LogP contribution in [0.25, 0.3) is 22.2 Å². The van der Waals surface area contributed by atoms with Gasteiger partial charge in [0.25, 0.3) is 5.91 Å². The number of halogens is 3. The highest BCUT2D eigenvalue weighted by molar-refractivity contribution is 9.10. The summed E-state index contributed by atoms with van der Waals surface area (Å²) in [6.07, 6.45) is 4.57. The zero-order valence-corrected chi connectivity index (χ0v) is 28.9. The van der Waals surface area contributed by atoms with Gasteiger partial charge in [0.1, 0.15) is 34.5 Å². The number of nitrogens with zero attached hydrogens (tertiary/aromatic N) is 7. The number of likely N-dealkylation sites (tertiary alicyclic amines) is 1. The lowest BCUT2D eigenvalue weighted by molar-refractivity contribution is -0.146. The smallest absolute Gasteiger partial charge is 0.324 e. The van der Waals surface area contributed by atoms with E-state index in [2.05, 4.69) is 51.6 Å². The fraction of sp³-hybridized carbons (Fsp3) is 0.424. The van der Waals surface area contributed by atoms with Crippen molar-refractivity contribution in [1.82, 2.24) is 39.9 Å². The van der Waals surface area contributed by atoms with Gasteiger partial charge < -0.3 is 20.3 Å². The summed E-state index contributed by atoms with van der Waals surface area (Å²) in [4.78, 5) is 71.6. The minimum atomic E-state index is -3.59. The SMILES string of the molecule is CC(=O)c1nn(CC(=O)N2C[C@H]3CNC(=O)C(F)(F)CCCCOCc4ccc(Br)nc4NC(=O)[C@@H]2C3)c2cnc(-c3cnc(C)nc3)cc12. The van der Waals surface area contributed by atoms with E-state index in [1.165, 1.54) is 22.7 Å². The van der Waals surface area contributed by atoms with E-state index in [1.807, 2.05) is 0 Å². The maximum atomic E-state index is 14.6. The number of aromatic nitrogens is 6. The first-order chi connectivity index (χ1) is 23.9. The largest absolute Gasteiger partial charge is 0.377 e. The van der Waals surface area contributed by atoms with E-state index in [4.69, 9.17) is 4.74 Å². The number of Topliss-reactive ketones (excluding diaryl/α,β-unsaturated/α-hetero) is 1. The second kappa shape index (κ2) is 14.6. The number of pyridine rings is 2. The molecular formula is C33H34BrF2N9O5. The lowest BCUT2D eigenvalue weighted by Gasteiger charge is -2.24. The maximum Gasteiger partial charge on any atom is 0.324 e. The van der Waals surface area contributed by atoms with Gasteiger partial charge in [0, 0.05) is 61.9 Å². The molecule has 6 heterocycles. The van der Waals surface area contributed by atoms with Gasteiger partial charge in [-0.25, -0.2) is 15.0 Å². The van der Waals surface area contributed by atoms with E-state index in [0.717, 1.165) is 0 Å². The predicted octanol–water partition coefficient (Wildman–Crippen LogP) is 3.86.